The zero-order valence-electron chi connectivity index (χ0n) is 14.3. The van der Waals surface area contributed by atoms with Crippen molar-refractivity contribution in [3.63, 3.8) is 0 Å². The molecule has 0 radical (unpaired) electrons. The molecule has 0 spiro atoms. The van der Waals surface area contributed by atoms with Crippen LogP contribution >= 0.6 is 0 Å². The molecular weight excluding hydrogens is 380 g/mol. The summed E-state index contributed by atoms with van der Waals surface area (Å²) in [5.41, 5.74) is 0.429. The van der Waals surface area contributed by atoms with Gasteiger partial charge in [0.15, 0.2) is 0 Å². The Kier molecular flexibility index (Phi) is 4.21. The number of phenolic OH excluding ortho intramolecular Hbond substituents is 2. The van der Waals surface area contributed by atoms with Crippen molar-refractivity contribution in [1.82, 2.24) is 0 Å². The van der Waals surface area contributed by atoms with E-state index in [0.29, 0.717) is 16.2 Å². The molecule has 0 aromatic heterocycles. The van der Waals surface area contributed by atoms with Gasteiger partial charge in [0.2, 0.25) is 0 Å². The number of nitrogens with zero attached hydrogens (tertiary/aromatic N) is 2. The minimum absolute atomic E-state index is 0.0412. The van der Waals surface area contributed by atoms with E-state index in [1.807, 2.05) is 18.2 Å². The zero-order chi connectivity index (χ0) is 19.9. The molecule has 0 unspecified atom stereocenters. The van der Waals surface area contributed by atoms with Crippen molar-refractivity contribution in [2.75, 3.05) is 0 Å². The summed E-state index contributed by atoms with van der Waals surface area (Å²) in [4.78, 5) is -0.269. The van der Waals surface area contributed by atoms with E-state index in [9.17, 15) is 18.6 Å². The highest BCUT2D eigenvalue weighted by molar-refractivity contribution is 7.85. The van der Waals surface area contributed by atoms with Crippen molar-refractivity contribution in [2.45, 2.75) is 4.90 Å². The average Bonchev–Trinajstić information content (AvgIpc) is 2.66. The molecule has 0 aliphatic rings. The third-order valence-corrected chi connectivity index (χ3v) is 5.19. The Bertz CT molecular complexity index is 1360. The van der Waals surface area contributed by atoms with Gasteiger partial charge in [0.05, 0.1) is 4.90 Å². The number of rotatable bonds is 3. The van der Waals surface area contributed by atoms with Crippen molar-refractivity contribution >= 4 is 43.0 Å². The minimum atomic E-state index is -4.34. The predicted molar refractivity (Wildman–Crippen MR) is 105 cm³/mol. The van der Waals surface area contributed by atoms with Crippen LogP contribution in [0.25, 0.3) is 21.5 Å². The highest BCUT2D eigenvalue weighted by atomic mass is 32.2. The van der Waals surface area contributed by atoms with Crippen LogP contribution < -0.4 is 0 Å². The van der Waals surface area contributed by atoms with Gasteiger partial charge in [-0.2, -0.15) is 8.42 Å². The van der Waals surface area contributed by atoms with Gasteiger partial charge in [0.1, 0.15) is 22.9 Å². The highest BCUT2D eigenvalue weighted by Gasteiger charge is 2.12. The summed E-state index contributed by atoms with van der Waals surface area (Å²) in [5, 5.41) is 31.1. The number of fused-ring (bicyclic) bond motifs is 2. The lowest BCUT2D eigenvalue weighted by Crippen LogP contribution is -1.97. The van der Waals surface area contributed by atoms with Gasteiger partial charge in [-0.15, -0.1) is 10.2 Å². The molecule has 7 nitrogen and oxygen atoms in total. The Morgan fingerprint density at radius 3 is 2.25 bits per heavy atom. The maximum absolute atomic E-state index is 11.3. The van der Waals surface area contributed by atoms with Crippen LogP contribution in [-0.4, -0.2) is 23.2 Å². The van der Waals surface area contributed by atoms with E-state index < -0.39 is 10.1 Å². The summed E-state index contributed by atoms with van der Waals surface area (Å²) >= 11 is 0. The maximum atomic E-state index is 11.3. The first-order chi connectivity index (χ1) is 13.3. The van der Waals surface area contributed by atoms with E-state index in [0.717, 1.165) is 5.39 Å². The topological polar surface area (TPSA) is 120 Å². The molecule has 0 heterocycles. The molecule has 0 saturated carbocycles. The molecule has 4 aromatic rings. The number of aromatic hydroxyl groups is 2. The molecular formula is C20H14N2O5S. The Morgan fingerprint density at radius 1 is 0.714 bits per heavy atom. The van der Waals surface area contributed by atoms with E-state index >= 15 is 0 Å². The molecule has 28 heavy (non-hydrogen) atoms. The van der Waals surface area contributed by atoms with Crippen LogP contribution in [0.5, 0.6) is 11.5 Å². The number of azo groups is 1. The maximum Gasteiger partial charge on any atom is 0.294 e. The number of benzene rings is 4. The number of phenols is 2. The quantitative estimate of drug-likeness (QED) is 0.331. The Morgan fingerprint density at radius 2 is 1.46 bits per heavy atom. The van der Waals surface area contributed by atoms with Gasteiger partial charge in [-0.1, -0.05) is 36.4 Å². The van der Waals surface area contributed by atoms with Crippen LogP contribution in [0.2, 0.25) is 0 Å². The first-order valence-corrected chi connectivity index (χ1v) is 9.64. The van der Waals surface area contributed by atoms with Crippen LogP contribution in [0.1, 0.15) is 0 Å². The Labute approximate surface area is 160 Å². The van der Waals surface area contributed by atoms with Crippen LogP contribution in [0.4, 0.5) is 11.4 Å². The molecule has 0 saturated heterocycles. The molecule has 0 amide bonds. The second-order valence-corrected chi connectivity index (χ2v) is 7.60. The molecule has 0 atom stereocenters. The number of hydrogen-bond acceptors (Lipinski definition) is 6. The first kappa shape index (κ1) is 17.9. The normalized spacial score (nSPS) is 12.2. The molecule has 0 fully saturated rings. The van der Waals surface area contributed by atoms with E-state index in [2.05, 4.69) is 10.2 Å². The summed E-state index contributed by atoms with van der Waals surface area (Å²) in [6.45, 7) is 0. The summed E-state index contributed by atoms with van der Waals surface area (Å²) < 4.78 is 31.7. The van der Waals surface area contributed by atoms with Crippen molar-refractivity contribution < 1.29 is 23.2 Å². The fourth-order valence-corrected chi connectivity index (χ4v) is 3.46. The molecule has 4 rings (SSSR count). The van der Waals surface area contributed by atoms with E-state index in [4.69, 9.17) is 4.55 Å². The monoisotopic (exact) mass is 394 g/mol. The average molecular weight is 394 g/mol. The highest BCUT2D eigenvalue weighted by Crippen LogP contribution is 2.38. The van der Waals surface area contributed by atoms with Gasteiger partial charge >= 0.3 is 0 Å². The third-order valence-electron chi connectivity index (χ3n) is 4.34. The molecule has 3 N–H and O–H groups in total. The van der Waals surface area contributed by atoms with Gasteiger partial charge in [-0.05, 0) is 46.5 Å². The number of hydrogen-bond donors (Lipinski definition) is 3. The fourth-order valence-electron chi connectivity index (χ4n) is 2.94. The molecule has 8 heteroatoms. The molecule has 140 valence electrons. The second-order valence-electron chi connectivity index (χ2n) is 6.18. The predicted octanol–water partition coefficient (Wildman–Crippen LogP) is 5.07. The van der Waals surface area contributed by atoms with Crippen LogP contribution in [0.15, 0.2) is 81.9 Å². The van der Waals surface area contributed by atoms with Gasteiger partial charge in [0.25, 0.3) is 10.1 Å². The lowest BCUT2D eigenvalue weighted by Gasteiger charge is -2.06. The smallest absolute Gasteiger partial charge is 0.294 e. The summed E-state index contributed by atoms with van der Waals surface area (Å²) in [6.07, 6.45) is 0. The third kappa shape index (κ3) is 3.26. The largest absolute Gasteiger partial charge is 0.506 e. The Hall–Kier alpha value is -3.49. The molecule has 0 aliphatic carbocycles. The van der Waals surface area contributed by atoms with Gasteiger partial charge in [0, 0.05) is 5.39 Å². The molecule has 4 aromatic carbocycles. The summed E-state index contributed by atoms with van der Waals surface area (Å²) in [6, 6.07) is 17.5. The lowest BCUT2D eigenvalue weighted by molar-refractivity contribution is 0.474. The minimum Gasteiger partial charge on any atom is -0.506 e. The van der Waals surface area contributed by atoms with Crippen LogP contribution in [0.3, 0.4) is 0 Å². The SMILES string of the molecule is O=S(=O)(O)c1ccc2cc(N=Nc3c(O)ccc4ccccc34)c(O)cc2c1. The van der Waals surface area contributed by atoms with Gasteiger partial charge in [-0.25, -0.2) is 0 Å². The standard InChI is InChI=1S/C20H14N2O5S/c23-18-8-6-12-3-1-2-4-16(12)20(18)22-21-17-10-13-5-7-15(28(25,26)27)9-14(13)11-19(17)24/h1-11,23-24H,(H,25,26,27). The van der Waals surface area contributed by atoms with Crippen LogP contribution in [0, 0.1) is 0 Å². The van der Waals surface area contributed by atoms with Crippen molar-refractivity contribution in [1.29, 1.82) is 0 Å². The Balaban J connectivity index is 1.80. The lowest BCUT2D eigenvalue weighted by atomic mass is 10.1. The van der Waals surface area contributed by atoms with Crippen molar-refractivity contribution in [2.24, 2.45) is 10.2 Å². The van der Waals surface area contributed by atoms with Gasteiger partial charge < -0.3 is 10.2 Å². The zero-order valence-corrected chi connectivity index (χ0v) is 15.1. The second kappa shape index (κ2) is 6.59. The summed E-state index contributed by atoms with van der Waals surface area (Å²) in [5.74, 6) is -0.260. The van der Waals surface area contributed by atoms with E-state index in [-0.39, 0.29) is 27.8 Å². The van der Waals surface area contributed by atoms with Crippen LogP contribution in [-0.2, 0) is 10.1 Å². The summed E-state index contributed by atoms with van der Waals surface area (Å²) in [7, 11) is -4.34. The van der Waals surface area contributed by atoms with E-state index in [1.54, 1.807) is 12.1 Å². The van der Waals surface area contributed by atoms with Crippen molar-refractivity contribution in [3.05, 3.63) is 66.7 Å². The van der Waals surface area contributed by atoms with Crippen molar-refractivity contribution in [3.8, 4) is 11.5 Å². The molecule has 0 aliphatic heterocycles. The van der Waals surface area contributed by atoms with Gasteiger partial charge in [-0.3, -0.25) is 4.55 Å². The molecule has 0 bridgehead atoms. The fraction of sp³-hybridized carbons (Fsp3) is 0. The first-order valence-electron chi connectivity index (χ1n) is 8.20. The van der Waals surface area contributed by atoms with E-state index in [1.165, 1.54) is 36.4 Å².